The zero-order chi connectivity index (χ0) is 19.0. The molecule has 0 aromatic heterocycles. The van der Waals surface area contributed by atoms with Crippen LogP contribution in [0.15, 0.2) is 44.6 Å². The lowest BCUT2D eigenvalue weighted by Gasteiger charge is -2.14. The largest absolute Gasteiger partial charge is 0.507 e. The van der Waals surface area contributed by atoms with Gasteiger partial charge in [0.1, 0.15) is 15.5 Å². The van der Waals surface area contributed by atoms with Crippen LogP contribution < -0.4 is 9.44 Å². The predicted molar refractivity (Wildman–Crippen MR) is 96.0 cm³/mol. The Kier molecular flexibility index (Phi) is 5.54. The van der Waals surface area contributed by atoms with Gasteiger partial charge in [-0.25, -0.2) is 21.6 Å². The van der Waals surface area contributed by atoms with Crippen LogP contribution in [0.5, 0.6) is 11.5 Å². The lowest BCUT2D eigenvalue weighted by Crippen LogP contribution is -2.19. The van der Waals surface area contributed by atoms with Gasteiger partial charge in [0.2, 0.25) is 10.0 Å². The maximum atomic E-state index is 12.5. The molecule has 0 saturated heterocycles. The van der Waals surface area contributed by atoms with E-state index in [9.17, 15) is 27.0 Å². The minimum absolute atomic E-state index is 0.122. The van der Waals surface area contributed by atoms with Gasteiger partial charge < -0.3 is 10.2 Å². The summed E-state index contributed by atoms with van der Waals surface area (Å²) in [6.07, 6.45) is 0. The Labute approximate surface area is 157 Å². The number of benzene rings is 2. The molecule has 2 aromatic carbocycles. The molecule has 0 bridgehead atoms. The summed E-state index contributed by atoms with van der Waals surface area (Å²) in [5.41, 5.74) is -0.458. The van der Waals surface area contributed by atoms with Crippen molar-refractivity contribution in [3.63, 3.8) is 0 Å². The fourth-order valence-corrected chi connectivity index (χ4v) is 4.71. The number of phenols is 2. The Morgan fingerprint density at radius 2 is 1.64 bits per heavy atom. The zero-order valence-electron chi connectivity index (χ0n) is 12.5. The fourth-order valence-electron chi connectivity index (χ4n) is 1.87. The summed E-state index contributed by atoms with van der Waals surface area (Å²) in [7, 11) is -7.30. The Bertz CT molecular complexity index is 1040. The molecular weight excluding hydrogens is 460 g/mol. The van der Waals surface area contributed by atoms with E-state index in [1.165, 1.54) is 6.07 Å². The summed E-state index contributed by atoms with van der Waals surface area (Å²) in [5, 5.41) is 19.8. The third kappa shape index (κ3) is 4.18. The van der Waals surface area contributed by atoms with E-state index >= 15 is 0 Å². The van der Waals surface area contributed by atoms with E-state index in [2.05, 4.69) is 15.9 Å². The second kappa shape index (κ2) is 7.00. The first-order chi connectivity index (χ1) is 11.5. The molecule has 0 spiro atoms. The lowest BCUT2D eigenvalue weighted by molar-refractivity contribution is 0.457. The van der Waals surface area contributed by atoms with Crippen LogP contribution in [0.4, 0.5) is 5.69 Å². The molecule has 0 radical (unpaired) electrons. The molecule has 0 saturated carbocycles. The van der Waals surface area contributed by atoms with E-state index in [0.717, 1.165) is 31.3 Å². The molecule has 8 nitrogen and oxygen atoms in total. The molecule has 0 amide bonds. The zero-order valence-corrected chi connectivity index (χ0v) is 16.5. The van der Waals surface area contributed by atoms with Crippen LogP contribution in [-0.4, -0.2) is 34.1 Å². The van der Waals surface area contributed by atoms with Crippen LogP contribution in [0.3, 0.4) is 0 Å². The number of hydrogen-bond donors (Lipinski definition) is 4. The summed E-state index contributed by atoms with van der Waals surface area (Å²) in [4.78, 5) is -1.07. The van der Waals surface area contributed by atoms with Crippen LogP contribution in [0.2, 0.25) is 5.02 Å². The van der Waals surface area contributed by atoms with Crippen molar-refractivity contribution in [2.24, 2.45) is 0 Å². The number of aromatic hydroxyl groups is 2. The first-order valence-electron chi connectivity index (χ1n) is 6.45. The van der Waals surface area contributed by atoms with Crippen LogP contribution in [-0.2, 0) is 20.0 Å². The van der Waals surface area contributed by atoms with E-state index in [-0.39, 0.29) is 5.02 Å². The smallest absolute Gasteiger partial charge is 0.265 e. The van der Waals surface area contributed by atoms with Crippen LogP contribution in [0, 0.1) is 0 Å². The quantitative estimate of drug-likeness (QED) is 0.494. The average molecular weight is 472 g/mol. The monoisotopic (exact) mass is 470 g/mol. The molecule has 0 fully saturated rings. The highest BCUT2D eigenvalue weighted by atomic mass is 79.9. The number of nitrogens with one attached hydrogen (secondary N) is 2. The Balaban J connectivity index is 2.59. The fraction of sp³-hybridized carbons (Fsp3) is 0.0769. The van der Waals surface area contributed by atoms with Crippen molar-refractivity contribution in [1.82, 2.24) is 4.72 Å². The molecule has 0 unspecified atom stereocenters. The van der Waals surface area contributed by atoms with E-state index in [1.54, 1.807) is 0 Å². The molecular formula is C13H12BrClN2O6S2. The first-order valence-corrected chi connectivity index (χ1v) is 10.6. The van der Waals surface area contributed by atoms with Crippen LogP contribution in [0.1, 0.15) is 0 Å². The van der Waals surface area contributed by atoms with E-state index < -0.39 is 47.0 Å². The Morgan fingerprint density at radius 3 is 2.24 bits per heavy atom. The van der Waals surface area contributed by atoms with E-state index in [0.29, 0.717) is 4.47 Å². The first kappa shape index (κ1) is 19.8. The van der Waals surface area contributed by atoms with Gasteiger partial charge in [-0.15, -0.1) is 0 Å². The molecule has 4 N–H and O–H groups in total. The second-order valence-electron chi connectivity index (χ2n) is 4.73. The van der Waals surface area contributed by atoms with Crippen molar-refractivity contribution in [2.75, 3.05) is 11.8 Å². The number of phenolic OH excluding ortho intramolecular Hbond substituents is 2. The molecule has 0 aliphatic heterocycles. The summed E-state index contributed by atoms with van der Waals surface area (Å²) in [6, 6.07) is 5.75. The summed E-state index contributed by atoms with van der Waals surface area (Å²) >= 11 is 8.91. The van der Waals surface area contributed by atoms with Gasteiger partial charge in [-0.3, -0.25) is 4.72 Å². The maximum Gasteiger partial charge on any atom is 0.265 e. The van der Waals surface area contributed by atoms with Gasteiger partial charge in [0.05, 0.1) is 5.69 Å². The maximum absolute atomic E-state index is 12.5. The standard InChI is InChI=1S/C13H12BrClN2O6S2/c1-16-24(20,21)12-6-8(15)5-9(13(12)19)17-25(22,23)11-4-7(14)2-3-10(11)18/h2-6,16-19H,1H3. The third-order valence-electron chi connectivity index (χ3n) is 3.05. The van der Waals surface area contributed by atoms with Crippen molar-refractivity contribution in [3.05, 3.63) is 39.8 Å². The van der Waals surface area contributed by atoms with Crippen molar-refractivity contribution < 1.29 is 27.0 Å². The van der Waals surface area contributed by atoms with Gasteiger partial charge in [0.15, 0.2) is 5.75 Å². The lowest BCUT2D eigenvalue weighted by atomic mass is 10.3. The average Bonchev–Trinajstić information content (AvgIpc) is 2.52. The van der Waals surface area contributed by atoms with Crippen LogP contribution in [0.25, 0.3) is 0 Å². The Morgan fingerprint density at radius 1 is 1.00 bits per heavy atom. The molecule has 0 atom stereocenters. The van der Waals surface area contributed by atoms with Gasteiger partial charge in [0.25, 0.3) is 10.0 Å². The highest BCUT2D eigenvalue weighted by molar-refractivity contribution is 9.10. The number of halogens is 2. The molecule has 136 valence electrons. The van der Waals surface area contributed by atoms with Crippen molar-refractivity contribution in [3.8, 4) is 11.5 Å². The molecule has 0 aliphatic carbocycles. The van der Waals surface area contributed by atoms with E-state index in [1.807, 2.05) is 9.44 Å². The van der Waals surface area contributed by atoms with Gasteiger partial charge in [-0.2, -0.15) is 0 Å². The summed E-state index contributed by atoms with van der Waals surface area (Å²) in [5.74, 6) is -1.36. The summed E-state index contributed by atoms with van der Waals surface area (Å²) in [6.45, 7) is 0. The van der Waals surface area contributed by atoms with E-state index in [4.69, 9.17) is 11.6 Å². The predicted octanol–water partition coefficient (Wildman–Crippen LogP) is 2.22. The number of anilines is 1. The van der Waals surface area contributed by atoms with Gasteiger partial charge in [0, 0.05) is 9.50 Å². The molecule has 2 aromatic rings. The highest BCUT2D eigenvalue weighted by Gasteiger charge is 2.25. The number of sulfonamides is 2. The minimum atomic E-state index is -4.34. The van der Waals surface area contributed by atoms with Crippen molar-refractivity contribution in [1.29, 1.82) is 0 Å². The Hall–Kier alpha value is -1.53. The molecule has 25 heavy (non-hydrogen) atoms. The third-order valence-corrected chi connectivity index (χ3v) is 6.59. The summed E-state index contributed by atoms with van der Waals surface area (Å²) < 4.78 is 53.1. The minimum Gasteiger partial charge on any atom is -0.507 e. The SMILES string of the molecule is CNS(=O)(=O)c1cc(Cl)cc(NS(=O)(=O)c2cc(Br)ccc2O)c1O. The molecule has 0 heterocycles. The van der Waals surface area contributed by atoms with Crippen molar-refractivity contribution in [2.45, 2.75) is 9.79 Å². The second-order valence-corrected chi connectivity index (χ2v) is 9.58. The number of hydrogen-bond acceptors (Lipinski definition) is 6. The van der Waals surface area contributed by atoms with Gasteiger partial charge in [-0.1, -0.05) is 27.5 Å². The molecule has 2 rings (SSSR count). The van der Waals surface area contributed by atoms with Gasteiger partial charge >= 0.3 is 0 Å². The number of rotatable bonds is 5. The highest BCUT2D eigenvalue weighted by Crippen LogP contribution is 2.37. The topological polar surface area (TPSA) is 133 Å². The van der Waals surface area contributed by atoms with Crippen LogP contribution >= 0.6 is 27.5 Å². The molecule has 12 heteroatoms. The van der Waals surface area contributed by atoms with Gasteiger partial charge in [-0.05, 0) is 37.4 Å². The normalized spacial score (nSPS) is 12.1. The van der Waals surface area contributed by atoms with Crippen molar-refractivity contribution >= 4 is 53.3 Å². The molecule has 0 aliphatic rings.